The molecule has 0 bridgehead atoms. The first-order chi connectivity index (χ1) is 15.7. The van der Waals surface area contributed by atoms with Crippen LogP contribution in [-0.4, -0.2) is 34.9 Å². The van der Waals surface area contributed by atoms with Crippen LogP contribution in [0.2, 0.25) is 5.02 Å². The monoisotopic (exact) mass is 494 g/mol. The summed E-state index contributed by atoms with van der Waals surface area (Å²) < 4.78 is 38.8. The number of rotatable bonds is 6. The third kappa shape index (κ3) is 5.45. The maximum atomic E-state index is 12.9. The van der Waals surface area contributed by atoms with Gasteiger partial charge in [0, 0.05) is 36.6 Å². The summed E-state index contributed by atoms with van der Waals surface area (Å²) in [7, 11) is 0. The molecule has 1 aliphatic heterocycles. The van der Waals surface area contributed by atoms with Gasteiger partial charge < -0.3 is 10.2 Å². The Kier molecular flexibility index (Phi) is 6.57. The Hall–Kier alpha value is -3.11. The van der Waals surface area contributed by atoms with E-state index in [4.69, 9.17) is 11.6 Å². The zero-order valence-electron chi connectivity index (χ0n) is 17.1. The minimum atomic E-state index is -4.44. The van der Waals surface area contributed by atoms with Gasteiger partial charge in [0.1, 0.15) is 5.69 Å². The molecule has 0 atom stereocenters. The molecule has 0 aliphatic carbocycles. The third-order valence-corrected chi connectivity index (χ3v) is 6.12. The number of carbonyl (C=O) groups is 2. The van der Waals surface area contributed by atoms with Crippen LogP contribution in [-0.2, 0) is 19.3 Å². The van der Waals surface area contributed by atoms with E-state index in [0.717, 1.165) is 29.0 Å². The average molecular weight is 495 g/mol. The van der Waals surface area contributed by atoms with Gasteiger partial charge in [0.05, 0.1) is 5.56 Å². The van der Waals surface area contributed by atoms with Gasteiger partial charge in [-0.1, -0.05) is 35.9 Å². The zero-order chi connectivity index (χ0) is 23.6. The fourth-order valence-corrected chi connectivity index (χ4v) is 4.42. The lowest BCUT2D eigenvalue weighted by Gasteiger charge is -2.17. The lowest BCUT2D eigenvalue weighted by molar-refractivity contribution is -0.137. The van der Waals surface area contributed by atoms with Crippen molar-refractivity contribution in [2.45, 2.75) is 19.3 Å². The number of anilines is 1. The van der Waals surface area contributed by atoms with Crippen molar-refractivity contribution in [3.05, 3.63) is 81.3 Å². The van der Waals surface area contributed by atoms with E-state index in [0.29, 0.717) is 28.8 Å². The lowest BCUT2D eigenvalue weighted by Crippen LogP contribution is -2.31. The van der Waals surface area contributed by atoms with Crippen molar-refractivity contribution in [3.8, 4) is 0 Å². The van der Waals surface area contributed by atoms with Crippen molar-refractivity contribution in [1.82, 2.24) is 15.2 Å². The third-order valence-electron chi connectivity index (χ3n) is 5.02. The van der Waals surface area contributed by atoms with Crippen LogP contribution in [0.25, 0.3) is 0 Å². The van der Waals surface area contributed by atoms with Crippen molar-refractivity contribution in [2.24, 2.45) is 0 Å². The summed E-state index contributed by atoms with van der Waals surface area (Å²) in [5.41, 5.74) is 0.657. The second-order valence-electron chi connectivity index (χ2n) is 7.38. The summed E-state index contributed by atoms with van der Waals surface area (Å²) in [6, 6.07) is 11.7. The predicted molar refractivity (Wildman–Crippen MR) is 119 cm³/mol. The summed E-state index contributed by atoms with van der Waals surface area (Å²) in [5.74, 6) is -0.384. The average Bonchev–Trinajstić information content (AvgIpc) is 3.39. The van der Waals surface area contributed by atoms with Gasteiger partial charge in [-0.15, -0.1) is 11.3 Å². The molecule has 1 aromatic heterocycles. The molecule has 4 rings (SSSR count). The number of nitrogens with one attached hydrogen (secondary N) is 1. The summed E-state index contributed by atoms with van der Waals surface area (Å²) in [4.78, 5) is 32.4. The van der Waals surface area contributed by atoms with Gasteiger partial charge in [-0.05, 0) is 35.4 Å². The SMILES string of the molecule is O=C(NCc1cccc(Cl)c1)c1csc(N2CCN(Cc3cccc(C(F)(F)F)c3)C2=O)n1. The van der Waals surface area contributed by atoms with Crippen molar-refractivity contribution >= 4 is 40.0 Å². The van der Waals surface area contributed by atoms with Gasteiger partial charge >= 0.3 is 12.2 Å². The topological polar surface area (TPSA) is 65.5 Å². The quantitative estimate of drug-likeness (QED) is 0.513. The number of urea groups is 1. The van der Waals surface area contributed by atoms with Crippen molar-refractivity contribution in [1.29, 1.82) is 0 Å². The van der Waals surface area contributed by atoms with E-state index in [1.54, 1.807) is 29.6 Å². The van der Waals surface area contributed by atoms with E-state index in [-0.39, 0.29) is 30.7 Å². The highest BCUT2D eigenvalue weighted by Gasteiger charge is 2.33. The van der Waals surface area contributed by atoms with E-state index in [9.17, 15) is 22.8 Å². The molecule has 1 saturated heterocycles. The highest BCUT2D eigenvalue weighted by Crippen LogP contribution is 2.30. The number of thiazole rings is 1. The van der Waals surface area contributed by atoms with Crippen molar-refractivity contribution in [3.63, 3.8) is 0 Å². The number of benzene rings is 2. The molecule has 33 heavy (non-hydrogen) atoms. The summed E-state index contributed by atoms with van der Waals surface area (Å²) in [5, 5.41) is 5.25. The number of alkyl halides is 3. The largest absolute Gasteiger partial charge is 0.416 e. The van der Waals surface area contributed by atoms with Crippen LogP contribution in [0.1, 0.15) is 27.2 Å². The molecule has 1 fully saturated rings. The number of hydrogen-bond acceptors (Lipinski definition) is 4. The molecular formula is C22H18ClF3N4O2S. The molecule has 11 heteroatoms. The fraction of sp³-hybridized carbons (Fsp3) is 0.227. The molecule has 2 heterocycles. The normalized spacial score (nSPS) is 14.1. The van der Waals surface area contributed by atoms with Crippen LogP contribution in [0.4, 0.5) is 23.1 Å². The van der Waals surface area contributed by atoms with E-state index in [1.807, 2.05) is 6.07 Å². The van der Waals surface area contributed by atoms with Gasteiger partial charge in [-0.25, -0.2) is 9.78 Å². The number of aromatic nitrogens is 1. The Bertz CT molecular complexity index is 1180. The van der Waals surface area contributed by atoms with Gasteiger partial charge in [0.15, 0.2) is 5.13 Å². The second kappa shape index (κ2) is 9.40. The summed E-state index contributed by atoms with van der Waals surface area (Å²) in [6.07, 6.45) is -4.44. The fourth-order valence-electron chi connectivity index (χ4n) is 3.39. The molecule has 3 amide bonds. The maximum Gasteiger partial charge on any atom is 0.416 e. The predicted octanol–water partition coefficient (Wildman–Crippen LogP) is 5.19. The molecule has 1 N–H and O–H groups in total. The van der Waals surface area contributed by atoms with Gasteiger partial charge in [-0.3, -0.25) is 9.69 Å². The Balaban J connectivity index is 1.38. The first-order valence-electron chi connectivity index (χ1n) is 9.91. The van der Waals surface area contributed by atoms with E-state index in [2.05, 4.69) is 10.3 Å². The smallest absolute Gasteiger partial charge is 0.347 e. The highest BCUT2D eigenvalue weighted by atomic mass is 35.5. The van der Waals surface area contributed by atoms with Gasteiger partial charge in [-0.2, -0.15) is 13.2 Å². The van der Waals surface area contributed by atoms with Crippen LogP contribution < -0.4 is 10.2 Å². The van der Waals surface area contributed by atoms with Crippen LogP contribution in [0, 0.1) is 0 Å². The molecule has 172 valence electrons. The molecular weight excluding hydrogens is 477 g/mol. The first-order valence-corrected chi connectivity index (χ1v) is 11.2. The van der Waals surface area contributed by atoms with Crippen LogP contribution in [0.15, 0.2) is 53.9 Å². The van der Waals surface area contributed by atoms with Gasteiger partial charge in [0.25, 0.3) is 5.91 Å². The Morgan fingerprint density at radius 3 is 2.64 bits per heavy atom. The van der Waals surface area contributed by atoms with Crippen LogP contribution >= 0.6 is 22.9 Å². The van der Waals surface area contributed by atoms with E-state index >= 15 is 0 Å². The van der Waals surface area contributed by atoms with Crippen molar-refractivity contribution in [2.75, 3.05) is 18.0 Å². The molecule has 0 saturated carbocycles. The molecule has 3 aromatic rings. The Labute approximate surface area is 196 Å². The number of halogens is 4. The number of hydrogen-bond donors (Lipinski definition) is 1. The zero-order valence-corrected chi connectivity index (χ0v) is 18.7. The second-order valence-corrected chi connectivity index (χ2v) is 8.65. The summed E-state index contributed by atoms with van der Waals surface area (Å²) in [6.45, 7) is 0.997. The lowest BCUT2D eigenvalue weighted by atomic mass is 10.1. The first kappa shape index (κ1) is 23.1. The number of nitrogens with zero attached hydrogens (tertiary/aromatic N) is 3. The minimum Gasteiger partial charge on any atom is -0.347 e. The standard InChI is InChI=1S/C22H18ClF3N4O2S/c23-17-6-2-3-14(10-17)11-27-19(31)18-13-33-20(28-18)30-8-7-29(21(30)32)12-15-4-1-5-16(9-15)22(24,25)26/h1-6,9-10,13H,7-8,11-12H2,(H,27,31). The molecule has 0 spiro atoms. The van der Waals surface area contributed by atoms with E-state index in [1.165, 1.54) is 15.9 Å². The molecule has 2 aromatic carbocycles. The number of amides is 3. The highest BCUT2D eigenvalue weighted by molar-refractivity contribution is 7.14. The van der Waals surface area contributed by atoms with Gasteiger partial charge in [0.2, 0.25) is 0 Å². The Morgan fingerprint density at radius 2 is 1.88 bits per heavy atom. The molecule has 0 unspecified atom stereocenters. The summed E-state index contributed by atoms with van der Waals surface area (Å²) >= 11 is 7.10. The van der Waals surface area contributed by atoms with Crippen molar-refractivity contribution < 1.29 is 22.8 Å². The van der Waals surface area contributed by atoms with Crippen LogP contribution in [0.3, 0.4) is 0 Å². The van der Waals surface area contributed by atoms with Crippen LogP contribution in [0.5, 0.6) is 0 Å². The molecule has 1 aliphatic rings. The number of carbonyl (C=O) groups excluding carboxylic acids is 2. The molecule has 6 nitrogen and oxygen atoms in total. The Morgan fingerprint density at radius 1 is 1.12 bits per heavy atom. The van der Waals surface area contributed by atoms with E-state index < -0.39 is 11.7 Å². The maximum absolute atomic E-state index is 12.9. The molecule has 0 radical (unpaired) electrons. The minimum absolute atomic E-state index is 0.0532.